The van der Waals surface area contributed by atoms with E-state index in [-0.39, 0.29) is 0 Å². The lowest BCUT2D eigenvalue weighted by Crippen LogP contribution is -1.98. The molecule has 10 rings (SSSR count). The minimum Gasteiger partial charge on any atom is -0.309 e. The molecule has 0 aliphatic rings. The smallest absolute Gasteiger partial charge is 0.0549 e. The van der Waals surface area contributed by atoms with E-state index in [0.29, 0.717) is 0 Å². The van der Waals surface area contributed by atoms with Crippen molar-refractivity contribution in [2.75, 3.05) is 0 Å². The van der Waals surface area contributed by atoms with Gasteiger partial charge in [-0.3, -0.25) is 0 Å². The highest BCUT2D eigenvalue weighted by molar-refractivity contribution is 6.19. The van der Waals surface area contributed by atoms with Crippen molar-refractivity contribution in [1.82, 2.24) is 9.13 Å². The topological polar surface area (TPSA) is 9.86 Å². The van der Waals surface area contributed by atoms with Crippen molar-refractivity contribution in [3.8, 4) is 44.8 Å². The lowest BCUT2D eigenvalue weighted by molar-refractivity contribution is 1.18. The van der Waals surface area contributed by atoms with E-state index >= 15 is 0 Å². The molecule has 10 aromatic rings. The highest BCUT2D eigenvalue weighted by Gasteiger charge is 2.20. The molecule has 0 saturated carbocycles. The zero-order valence-corrected chi connectivity index (χ0v) is 27.4. The van der Waals surface area contributed by atoms with E-state index in [2.05, 4.69) is 203 Å². The first kappa shape index (κ1) is 28.4. The predicted octanol–water partition coefficient (Wildman–Crippen LogP) is 12.9. The van der Waals surface area contributed by atoms with Crippen molar-refractivity contribution >= 4 is 43.6 Å². The summed E-state index contributed by atoms with van der Waals surface area (Å²) in [6.45, 7) is 0. The molecule has 0 unspecified atom stereocenters. The molecule has 0 aliphatic heterocycles. The molecule has 2 nitrogen and oxygen atoms in total. The van der Waals surface area contributed by atoms with Crippen LogP contribution >= 0.6 is 0 Å². The van der Waals surface area contributed by atoms with Crippen LogP contribution in [0.4, 0.5) is 0 Å². The fourth-order valence-electron chi connectivity index (χ4n) is 7.91. The van der Waals surface area contributed by atoms with Crippen molar-refractivity contribution < 1.29 is 0 Å². The highest BCUT2D eigenvalue weighted by Crippen LogP contribution is 2.42. The molecule has 0 bridgehead atoms. The fourth-order valence-corrected chi connectivity index (χ4v) is 7.91. The van der Waals surface area contributed by atoms with Gasteiger partial charge in [0.15, 0.2) is 0 Å². The highest BCUT2D eigenvalue weighted by atomic mass is 15.0. The normalized spacial score (nSPS) is 11.6. The zero-order chi connectivity index (χ0) is 33.0. The molecule has 8 aromatic carbocycles. The van der Waals surface area contributed by atoms with Gasteiger partial charge < -0.3 is 9.13 Å². The van der Waals surface area contributed by atoms with Gasteiger partial charge in [-0.25, -0.2) is 0 Å². The van der Waals surface area contributed by atoms with Gasteiger partial charge in [0.05, 0.1) is 27.8 Å². The van der Waals surface area contributed by atoms with Crippen LogP contribution in [-0.4, -0.2) is 9.13 Å². The Bertz CT molecular complexity index is 2860. The number of hydrogen-bond acceptors (Lipinski definition) is 0. The summed E-state index contributed by atoms with van der Waals surface area (Å²) < 4.78 is 4.91. The van der Waals surface area contributed by atoms with Crippen LogP contribution in [0, 0.1) is 0 Å². The first-order chi connectivity index (χ1) is 24.8. The number of nitrogens with zero attached hydrogens (tertiary/aromatic N) is 2. The second kappa shape index (κ2) is 11.5. The molecular weight excluding hydrogens is 605 g/mol. The van der Waals surface area contributed by atoms with Gasteiger partial charge >= 0.3 is 0 Å². The number of fused-ring (bicyclic) bond motifs is 6. The van der Waals surface area contributed by atoms with Crippen molar-refractivity contribution in [3.05, 3.63) is 194 Å². The Labute approximate surface area is 290 Å². The fraction of sp³-hybridized carbons (Fsp3) is 0. The van der Waals surface area contributed by atoms with Crippen LogP contribution in [0.1, 0.15) is 0 Å². The summed E-state index contributed by atoms with van der Waals surface area (Å²) in [5, 5.41) is 4.96. The Balaban J connectivity index is 1.26. The van der Waals surface area contributed by atoms with Crippen molar-refractivity contribution in [3.63, 3.8) is 0 Å². The Morgan fingerprint density at radius 3 is 1.46 bits per heavy atom. The Morgan fingerprint density at radius 2 is 0.760 bits per heavy atom. The lowest BCUT2D eigenvalue weighted by Gasteiger charge is -2.17. The van der Waals surface area contributed by atoms with Gasteiger partial charge in [0.2, 0.25) is 0 Å². The van der Waals surface area contributed by atoms with Crippen molar-refractivity contribution in [2.24, 2.45) is 0 Å². The van der Waals surface area contributed by atoms with Gasteiger partial charge in [0.1, 0.15) is 0 Å². The predicted molar refractivity (Wildman–Crippen MR) is 211 cm³/mol. The average molecular weight is 637 g/mol. The number of para-hydroxylation sites is 3. The minimum atomic E-state index is 1.16. The quantitative estimate of drug-likeness (QED) is 0.178. The van der Waals surface area contributed by atoms with Crippen LogP contribution in [0.25, 0.3) is 88.4 Å². The van der Waals surface area contributed by atoms with E-state index in [0.717, 1.165) is 5.69 Å². The molecule has 2 heterocycles. The van der Waals surface area contributed by atoms with Crippen LogP contribution in [0.2, 0.25) is 0 Å². The molecular formula is C48H32N2. The van der Waals surface area contributed by atoms with Gasteiger partial charge in [-0.2, -0.15) is 0 Å². The molecule has 2 aromatic heterocycles. The molecule has 0 spiro atoms. The average Bonchev–Trinajstić information content (AvgIpc) is 3.69. The molecule has 2 heteroatoms. The van der Waals surface area contributed by atoms with Crippen LogP contribution < -0.4 is 0 Å². The summed E-state index contributed by atoms with van der Waals surface area (Å²) in [5.74, 6) is 0. The summed E-state index contributed by atoms with van der Waals surface area (Å²) >= 11 is 0. The van der Waals surface area contributed by atoms with Gasteiger partial charge in [-0.05, 0) is 70.3 Å². The van der Waals surface area contributed by atoms with Gasteiger partial charge in [-0.1, -0.05) is 152 Å². The number of hydrogen-bond donors (Lipinski definition) is 0. The summed E-state index contributed by atoms with van der Waals surface area (Å²) in [5.41, 5.74) is 14.4. The summed E-state index contributed by atoms with van der Waals surface area (Å²) in [6.07, 6.45) is 0. The molecule has 50 heavy (non-hydrogen) atoms. The van der Waals surface area contributed by atoms with E-state index in [9.17, 15) is 0 Å². The maximum Gasteiger partial charge on any atom is 0.0549 e. The van der Waals surface area contributed by atoms with E-state index < -0.39 is 0 Å². The maximum atomic E-state index is 2.48. The number of rotatable bonds is 5. The van der Waals surface area contributed by atoms with Crippen LogP contribution in [0.5, 0.6) is 0 Å². The number of benzene rings is 8. The third kappa shape index (κ3) is 4.43. The molecule has 0 saturated heterocycles. The molecule has 234 valence electrons. The van der Waals surface area contributed by atoms with Crippen LogP contribution in [0.3, 0.4) is 0 Å². The molecule has 0 N–H and O–H groups in total. The Kier molecular flexibility index (Phi) is 6.53. The lowest BCUT2D eigenvalue weighted by atomic mass is 9.93. The summed E-state index contributed by atoms with van der Waals surface area (Å²) in [6, 6.07) is 70.4. The molecule has 0 aliphatic carbocycles. The first-order valence-electron chi connectivity index (χ1n) is 17.2. The second-order valence-corrected chi connectivity index (χ2v) is 12.9. The van der Waals surface area contributed by atoms with Gasteiger partial charge in [-0.15, -0.1) is 0 Å². The molecule has 0 radical (unpaired) electrons. The zero-order valence-electron chi connectivity index (χ0n) is 27.4. The molecule has 0 fully saturated rings. The van der Waals surface area contributed by atoms with Crippen LogP contribution in [0.15, 0.2) is 194 Å². The molecule has 0 atom stereocenters. The van der Waals surface area contributed by atoms with E-state index in [4.69, 9.17) is 0 Å². The largest absolute Gasteiger partial charge is 0.309 e. The SMILES string of the molecule is c1ccc(-c2cccc(-n3c4ccccc4c4cc5c(cc43)c3ccccc3n5-c3ccccc3-c3ccccc3-c3ccccc3)c2)cc1. The summed E-state index contributed by atoms with van der Waals surface area (Å²) in [4.78, 5) is 0. The van der Waals surface area contributed by atoms with Crippen LogP contribution in [-0.2, 0) is 0 Å². The number of aromatic nitrogens is 2. The first-order valence-corrected chi connectivity index (χ1v) is 17.2. The minimum absolute atomic E-state index is 1.16. The van der Waals surface area contributed by atoms with E-state index in [1.165, 1.54) is 82.7 Å². The van der Waals surface area contributed by atoms with E-state index in [1.54, 1.807) is 0 Å². The Morgan fingerprint density at radius 1 is 0.260 bits per heavy atom. The Hall–Kier alpha value is -6.64. The van der Waals surface area contributed by atoms with Gasteiger partial charge in [0.25, 0.3) is 0 Å². The third-order valence-electron chi connectivity index (χ3n) is 10.1. The van der Waals surface area contributed by atoms with Gasteiger partial charge in [0, 0.05) is 32.8 Å². The standard InChI is InChI=1S/C48H32N2/c1-3-16-33(17-4-1)35-20-15-21-36(30-35)49-44-27-12-10-25-40(44)42-32-48-43(31-47(42)49)41-26-11-14-29-46(41)50(48)45-28-13-9-24-39(45)38-23-8-7-22-37(38)34-18-5-2-6-19-34/h1-32H. The second-order valence-electron chi connectivity index (χ2n) is 12.9. The molecule has 0 amide bonds. The maximum absolute atomic E-state index is 2.48. The van der Waals surface area contributed by atoms with Crippen molar-refractivity contribution in [1.29, 1.82) is 0 Å². The summed E-state index contributed by atoms with van der Waals surface area (Å²) in [7, 11) is 0. The third-order valence-corrected chi connectivity index (χ3v) is 10.1. The van der Waals surface area contributed by atoms with Crippen molar-refractivity contribution in [2.45, 2.75) is 0 Å². The van der Waals surface area contributed by atoms with E-state index in [1.807, 2.05) is 0 Å². The monoisotopic (exact) mass is 636 g/mol.